The van der Waals surface area contributed by atoms with E-state index >= 15 is 0 Å². The molecule has 0 saturated heterocycles. The Labute approximate surface area is 84.4 Å². The van der Waals surface area contributed by atoms with E-state index in [1.54, 1.807) is 0 Å². The lowest BCUT2D eigenvalue weighted by molar-refractivity contribution is 0.199. The average Bonchev–Trinajstić information content (AvgIpc) is 2.27. The van der Waals surface area contributed by atoms with Crippen molar-refractivity contribution in [2.75, 3.05) is 14.1 Å². The molecule has 6 nitrogen and oxygen atoms in total. The lowest BCUT2D eigenvalue weighted by Crippen LogP contribution is -2.32. The summed E-state index contributed by atoms with van der Waals surface area (Å²) in [5.41, 5.74) is 0. The van der Waals surface area contributed by atoms with E-state index < -0.39 is 10.4 Å². The molecule has 0 spiro atoms. The van der Waals surface area contributed by atoms with Crippen molar-refractivity contribution >= 4 is 10.4 Å². The summed E-state index contributed by atoms with van der Waals surface area (Å²) in [6.07, 6.45) is 5.98. The molecule has 1 aliphatic rings. The van der Waals surface area contributed by atoms with Crippen LogP contribution < -0.4 is 0 Å². The van der Waals surface area contributed by atoms with Crippen LogP contribution in [-0.4, -0.2) is 47.6 Å². The molecule has 7 heteroatoms. The van der Waals surface area contributed by atoms with Gasteiger partial charge in [0.05, 0.1) is 6.17 Å². The Balaban J connectivity index is 0.000000292. The van der Waals surface area contributed by atoms with E-state index in [0.29, 0.717) is 6.17 Å². The second-order valence-electron chi connectivity index (χ2n) is 2.97. The van der Waals surface area contributed by atoms with Crippen LogP contribution in [0, 0.1) is 0 Å². The van der Waals surface area contributed by atoms with Crippen LogP contribution in [0.2, 0.25) is 0 Å². The van der Waals surface area contributed by atoms with Gasteiger partial charge in [-0.15, -0.1) is 0 Å². The van der Waals surface area contributed by atoms with Gasteiger partial charge in [-0.05, 0) is 6.42 Å². The zero-order chi connectivity index (χ0) is 11.4. The van der Waals surface area contributed by atoms with Crippen molar-refractivity contribution in [3.8, 4) is 0 Å². The van der Waals surface area contributed by atoms with Gasteiger partial charge in [0.2, 0.25) is 0 Å². The van der Waals surface area contributed by atoms with Gasteiger partial charge in [0.25, 0.3) is 0 Å². The van der Waals surface area contributed by atoms with Crippen molar-refractivity contribution in [2.24, 2.45) is 0 Å². The summed E-state index contributed by atoms with van der Waals surface area (Å²) in [7, 11) is -0.456. The van der Waals surface area contributed by atoms with Crippen molar-refractivity contribution in [3.63, 3.8) is 0 Å². The summed E-state index contributed by atoms with van der Waals surface area (Å²) in [6, 6.07) is 0. The summed E-state index contributed by atoms with van der Waals surface area (Å²) < 4.78 is 31.6. The minimum absolute atomic E-state index is 0.588. The second kappa shape index (κ2) is 5.18. The topological polar surface area (TPSA) is 81.1 Å². The Morgan fingerprint density at radius 1 is 1.21 bits per heavy atom. The van der Waals surface area contributed by atoms with E-state index in [4.69, 9.17) is 17.5 Å². The van der Waals surface area contributed by atoms with Crippen LogP contribution in [0.3, 0.4) is 0 Å². The van der Waals surface area contributed by atoms with Crippen LogP contribution in [0.1, 0.15) is 13.3 Å². The molecule has 0 aliphatic carbocycles. The molecule has 14 heavy (non-hydrogen) atoms. The fraction of sp³-hybridized carbons (Fsp3) is 0.714. The first-order chi connectivity index (χ1) is 6.25. The van der Waals surface area contributed by atoms with Crippen molar-refractivity contribution in [3.05, 3.63) is 12.4 Å². The quantitative estimate of drug-likeness (QED) is 0.628. The molecule has 0 atom stereocenters. The Hall–Kier alpha value is -0.790. The number of nitrogens with zero attached hydrogens (tertiary/aromatic N) is 2. The molecule has 0 unspecified atom stereocenters. The Morgan fingerprint density at radius 3 is 1.64 bits per heavy atom. The molecule has 0 amide bonds. The van der Waals surface area contributed by atoms with Gasteiger partial charge >= 0.3 is 10.4 Å². The molecular formula is C7H16N2O4S. The maximum Gasteiger partial charge on any atom is 0.394 e. The number of hydrogen-bond donors (Lipinski definition) is 2. The minimum atomic E-state index is -4.67. The van der Waals surface area contributed by atoms with E-state index in [1.807, 2.05) is 0 Å². The van der Waals surface area contributed by atoms with Crippen molar-refractivity contribution in [1.82, 2.24) is 9.80 Å². The Bertz CT molecular complexity index is 268. The molecule has 2 N–H and O–H groups in total. The zero-order valence-electron chi connectivity index (χ0n) is 8.45. The number of rotatable bonds is 1. The van der Waals surface area contributed by atoms with Crippen LogP contribution in [0.25, 0.3) is 0 Å². The first kappa shape index (κ1) is 13.2. The summed E-state index contributed by atoms with van der Waals surface area (Å²) >= 11 is 0. The fourth-order valence-electron chi connectivity index (χ4n) is 1.27. The molecule has 0 aromatic rings. The summed E-state index contributed by atoms with van der Waals surface area (Å²) in [6.45, 7) is 2.20. The van der Waals surface area contributed by atoms with E-state index in [0.717, 1.165) is 0 Å². The van der Waals surface area contributed by atoms with E-state index in [1.165, 1.54) is 6.42 Å². The highest BCUT2D eigenvalue weighted by molar-refractivity contribution is 7.79. The maximum atomic E-state index is 8.74. The normalized spacial score (nSPS) is 16.9. The first-order valence-electron chi connectivity index (χ1n) is 4.07. The molecule has 0 bridgehead atoms. The lowest BCUT2D eigenvalue weighted by atomic mass is 10.3. The minimum Gasteiger partial charge on any atom is -0.359 e. The van der Waals surface area contributed by atoms with E-state index in [-0.39, 0.29) is 0 Å². The highest BCUT2D eigenvalue weighted by atomic mass is 32.3. The van der Waals surface area contributed by atoms with Gasteiger partial charge in [-0.2, -0.15) is 8.42 Å². The highest BCUT2D eigenvalue weighted by Gasteiger charge is 2.16. The lowest BCUT2D eigenvalue weighted by Gasteiger charge is -2.25. The van der Waals surface area contributed by atoms with Crippen LogP contribution in [0.5, 0.6) is 0 Å². The van der Waals surface area contributed by atoms with Crippen molar-refractivity contribution in [2.45, 2.75) is 19.5 Å². The SMILES string of the molecule is CCC1N(C)C=CN1C.O=S(=O)(O)O. The summed E-state index contributed by atoms with van der Waals surface area (Å²) in [4.78, 5) is 4.44. The monoisotopic (exact) mass is 224 g/mol. The average molecular weight is 224 g/mol. The molecule has 0 radical (unpaired) electrons. The second-order valence-corrected chi connectivity index (χ2v) is 3.86. The molecular weight excluding hydrogens is 208 g/mol. The van der Waals surface area contributed by atoms with Crippen molar-refractivity contribution in [1.29, 1.82) is 0 Å². The molecule has 0 saturated carbocycles. The molecule has 0 aromatic carbocycles. The molecule has 1 aliphatic heterocycles. The fourth-order valence-corrected chi connectivity index (χ4v) is 1.27. The first-order valence-corrected chi connectivity index (χ1v) is 5.47. The van der Waals surface area contributed by atoms with Gasteiger partial charge in [0.1, 0.15) is 0 Å². The van der Waals surface area contributed by atoms with Crippen LogP contribution in [0.4, 0.5) is 0 Å². The van der Waals surface area contributed by atoms with Crippen LogP contribution in [0.15, 0.2) is 12.4 Å². The zero-order valence-corrected chi connectivity index (χ0v) is 9.27. The standard InChI is InChI=1S/C7H14N2.H2O4S/c1-4-7-8(2)5-6-9(7)3;1-5(2,3)4/h5-7H,4H2,1-3H3;(H2,1,2,3,4). The van der Waals surface area contributed by atoms with Gasteiger partial charge in [0, 0.05) is 26.5 Å². The molecule has 1 heterocycles. The van der Waals surface area contributed by atoms with Gasteiger partial charge < -0.3 is 9.80 Å². The largest absolute Gasteiger partial charge is 0.394 e. The number of hydrogen-bond acceptors (Lipinski definition) is 4. The Kier molecular flexibility index (Phi) is 4.89. The van der Waals surface area contributed by atoms with Crippen molar-refractivity contribution < 1.29 is 17.5 Å². The predicted molar refractivity (Wildman–Crippen MR) is 52.9 cm³/mol. The third-order valence-corrected chi connectivity index (χ3v) is 1.84. The Morgan fingerprint density at radius 2 is 1.50 bits per heavy atom. The molecule has 0 aromatic heterocycles. The summed E-state index contributed by atoms with van der Waals surface area (Å²) in [5, 5.41) is 0. The molecule has 0 fully saturated rings. The smallest absolute Gasteiger partial charge is 0.359 e. The van der Waals surface area contributed by atoms with Gasteiger partial charge in [-0.3, -0.25) is 9.11 Å². The third-order valence-electron chi connectivity index (χ3n) is 1.84. The van der Waals surface area contributed by atoms with Gasteiger partial charge in [-0.1, -0.05) is 6.92 Å². The van der Waals surface area contributed by atoms with Gasteiger partial charge in [0.15, 0.2) is 0 Å². The third kappa shape index (κ3) is 5.79. The molecule has 1 rings (SSSR count). The molecule has 84 valence electrons. The highest BCUT2D eigenvalue weighted by Crippen LogP contribution is 2.13. The van der Waals surface area contributed by atoms with E-state index in [9.17, 15) is 0 Å². The van der Waals surface area contributed by atoms with Crippen LogP contribution >= 0.6 is 0 Å². The summed E-state index contributed by atoms with van der Waals surface area (Å²) in [5.74, 6) is 0. The predicted octanol–water partition coefficient (Wildman–Crippen LogP) is 0.418. The van der Waals surface area contributed by atoms with Crippen LogP contribution in [-0.2, 0) is 10.4 Å². The maximum absolute atomic E-state index is 8.74. The van der Waals surface area contributed by atoms with E-state index in [2.05, 4.69) is 43.2 Å². The van der Waals surface area contributed by atoms with Gasteiger partial charge in [-0.25, -0.2) is 0 Å².